The van der Waals surface area contributed by atoms with E-state index in [-0.39, 0.29) is 35.8 Å². The van der Waals surface area contributed by atoms with Gasteiger partial charge in [-0.05, 0) is 44.8 Å². The molecule has 2 heterocycles. The summed E-state index contributed by atoms with van der Waals surface area (Å²) in [4.78, 5) is 65.0. The topological polar surface area (TPSA) is 192 Å². The van der Waals surface area contributed by atoms with E-state index in [0.717, 1.165) is 0 Å². The Balaban J connectivity index is 2.03. The highest BCUT2D eigenvalue weighted by Gasteiger charge is 2.45. The van der Waals surface area contributed by atoms with Crippen LogP contribution in [0.25, 0.3) is 0 Å². The van der Waals surface area contributed by atoms with Crippen LogP contribution in [0.4, 0.5) is 4.79 Å². The Bertz CT molecular complexity index is 955. The smallest absolute Gasteiger partial charge is 0.404 e. The standard InChI is InChI=1S/C25H45N5O8Si/c1-14(18(31)20(26)32)27-21(33)16-8-10-29(12-16)22(34)17-9-11-30(13-17)23(35)19(15(2)28-24(36)37)38-39(6,7)25(3,4)5/h14-19,28,31H,8-13H2,1-7H3,(H2,26,32)(H,27,33)(H,36,37)/t14-,15-,16+,17+,18+,19+/m0/s1. The SMILES string of the molecule is C[C@H](NC(=O)[C@@H]1CCN(C(=O)[C@@H]2CCN(C(=O)[C@H](O[Si](C)(C)C(C)(C)C)[C@H](C)NC(=O)O)C2)C1)[C@@H](O)C(N)=O. The molecular weight excluding hydrogens is 526 g/mol. The number of carboxylic acid groups (broad SMARTS) is 1. The second kappa shape index (κ2) is 12.6. The van der Waals surface area contributed by atoms with E-state index >= 15 is 0 Å². The number of likely N-dealkylation sites (tertiary alicyclic amines) is 2. The third-order valence-corrected chi connectivity index (χ3v) is 12.6. The van der Waals surface area contributed by atoms with Crippen molar-refractivity contribution in [2.24, 2.45) is 17.6 Å². The Labute approximate surface area is 230 Å². The number of hydrogen-bond acceptors (Lipinski definition) is 7. The van der Waals surface area contributed by atoms with Crippen LogP contribution in [0.1, 0.15) is 47.5 Å². The van der Waals surface area contributed by atoms with Gasteiger partial charge in [0, 0.05) is 26.2 Å². The summed E-state index contributed by atoms with van der Waals surface area (Å²) >= 11 is 0. The van der Waals surface area contributed by atoms with Crippen molar-refractivity contribution in [3.05, 3.63) is 0 Å². The summed E-state index contributed by atoms with van der Waals surface area (Å²) in [5, 5.41) is 23.7. The van der Waals surface area contributed by atoms with Gasteiger partial charge in [-0.1, -0.05) is 20.8 Å². The average Bonchev–Trinajstić information content (AvgIpc) is 3.50. The summed E-state index contributed by atoms with van der Waals surface area (Å²) in [6.07, 6.45) is -2.89. The van der Waals surface area contributed by atoms with Crippen LogP contribution in [-0.4, -0.2) is 109 Å². The summed E-state index contributed by atoms with van der Waals surface area (Å²) in [7, 11) is -2.43. The predicted molar refractivity (Wildman–Crippen MR) is 145 cm³/mol. The van der Waals surface area contributed by atoms with Crippen LogP contribution in [0.3, 0.4) is 0 Å². The molecule has 0 spiro atoms. The van der Waals surface area contributed by atoms with Crippen LogP contribution in [0.2, 0.25) is 18.1 Å². The molecule has 0 aromatic rings. The van der Waals surface area contributed by atoms with Gasteiger partial charge in [-0.2, -0.15) is 0 Å². The zero-order valence-electron chi connectivity index (χ0n) is 24.0. The molecule has 6 atom stereocenters. The van der Waals surface area contributed by atoms with Crippen molar-refractivity contribution in [3.63, 3.8) is 0 Å². The van der Waals surface area contributed by atoms with Crippen molar-refractivity contribution in [2.75, 3.05) is 26.2 Å². The molecule has 2 aliphatic rings. The van der Waals surface area contributed by atoms with E-state index in [9.17, 15) is 34.2 Å². The number of primary amides is 1. The van der Waals surface area contributed by atoms with Gasteiger partial charge in [0.25, 0.3) is 5.91 Å². The second-order valence-electron chi connectivity index (χ2n) is 12.2. The van der Waals surface area contributed by atoms with Crippen molar-refractivity contribution in [1.82, 2.24) is 20.4 Å². The molecule has 5 amide bonds. The molecule has 13 nitrogen and oxygen atoms in total. The molecule has 0 radical (unpaired) electrons. The van der Waals surface area contributed by atoms with Crippen molar-refractivity contribution in [1.29, 1.82) is 0 Å². The highest BCUT2D eigenvalue weighted by atomic mass is 28.4. The maximum Gasteiger partial charge on any atom is 0.404 e. The molecule has 2 rings (SSSR count). The molecule has 0 bridgehead atoms. The largest absolute Gasteiger partial charge is 0.465 e. The zero-order chi connectivity index (χ0) is 29.9. The molecule has 0 aliphatic carbocycles. The number of rotatable bonds is 10. The minimum absolute atomic E-state index is 0.149. The van der Waals surface area contributed by atoms with E-state index in [4.69, 9.17) is 10.2 Å². The van der Waals surface area contributed by atoms with E-state index in [0.29, 0.717) is 25.9 Å². The summed E-state index contributed by atoms with van der Waals surface area (Å²) in [5.74, 6) is -2.73. The molecule has 2 saturated heterocycles. The number of hydrogen-bond donors (Lipinski definition) is 5. The molecule has 0 aromatic carbocycles. The fourth-order valence-electron chi connectivity index (χ4n) is 4.57. The molecule has 0 saturated carbocycles. The van der Waals surface area contributed by atoms with E-state index < -0.39 is 56.4 Å². The van der Waals surface area contributed by atoms with Gasteiger partial charge in [-0.3, -0.25) is 19.2 Å². The monoisotopic (exact) mass is 571 g/mol. The first kappa shape index (κ1) is 32.5. The highest BCUT2D eigenvalue weighted by Crippen LogP contribution is 2.38. The Morgan fingerprint density at radius 2 is 1.49 bits per heavy atom. The molecule has 14 heteroatoms. The lowest BCUT2D eigenvalue weighted by molar-refractivity contribution is -0.140. The molecule has 2 fully saturated rings. The van der Waals surface area contributed by atoms with Gasteiger partial charge in [0.1, 0.15) is 6.10 Å². The summed E-state index contributed by atoms with van der Waals surface area (Å²) in [6.45, 7) is 14.3. The number of nitrogens with one attached hydrogen (secondary N) is 2. The highest BCUT2D eigenvalue weighted by molar-refractivity contribution is 6.74. The zero-order valence-corrected chi connectivity index (χ0v) is 25.0. The Hall–Kier alpha value is -2.71. The lowest BCUT2D eigenvalue weighted by atomic mass is 10.1. The maximum atomic E-state index is 13.6. The number of nitrogens with two attached hydrogens (primary N) is 1. The van der Waals surface area contributed by atoms with Crippen molar-refractivity contribution < 1.29 is 38.6 Å². The fraction of sp³-hybridized carbons (Fsp3) is 0.800. The third-order valence-electron chi connectivity index (χ3n) is 8.13. The van der Waals surface area contributed by atoms with Crippen LogP contribution in [0, 0.1) is 11.8 Å². The first-order valence-electron chi connectivity index (χ1n) is 13.4. The maximum absolute atomic E-state index is 13.6. The van der Waals surface area contributed by atoms with Crippen molar-refractivity contribution in [2.45, 2.75) is 89.9 Å². The van der Waals surface area contributed by atoms with E-state index in [2.05, 4.69) is 10.6 Å². The Morgan fingerprint density at radius 3 is 2.03 bits per heavy atom. The van der Waals surface area contributed by atoms with Gasteiger partial charge in [0.2, 0.25) is 17.7 Å². The fourth-order valence-corrected chi connectivity index (χ4v) is 5.87. The molecule has 2 aliphatic heterocycles. The minimum atomic E-state index is -2.43. The number of nitrogens with zero attached hydrogens (tertiary/aromatic N) is 2. The van der Waals surface area contributed by atoms with Crippen LogP contribution in [0.15, 0.2) is 0 Å². The van der Waals surface area contributed by atoms with E-state index in [1.807, 2.05) is 33.9 Å². The molecule has 6 N–H and O–H groups in total. The Morgan fingerprint density at radius 1 is 0.949 bits per heavy atom. The van der Waals surface area contributed by atoms with Crippen molar-refractivity contribution >= 4 is 38.0 Å². The van der Waals surface area contributed by atoms with Crippen LogP contribution < -0.4 is 16.4 Å². The first-order chi connectivity index (χ1) is 17.9. The predicted octanol–water partition coefficient (Wildman–Crippen LogP) is 0.0808. The van der Waals surface area contributed by atoms with Gasteiger partial charge in [0.05, 0.1) is 23.9 Å². The molecule has 39 heavy (non-hydrogen) atoms. The number of aliphatic hydroxyl groups excluding tert-OH is 1. The van der Waals surface area contributed by atoms with Gasteiger partial charge in [-0.15, -0.1) is 0 Å². The number of carbonyl (C=O) groups is 5. The minimum Gasteiger partial charge on any atom is -0.465 e. The molecule has 0 aromatic heterocycles. The average molecular weight is 572 g/mol. The second-order valence-corrected chi connectivity index (χ2v) is 17.0. The summed E-state index contributed by atoms with van der Waals surface area (Å²) in [6, 6.07) is -1.64. The van der Waals surface area contributed by atoms with Gasteiger partial charge >= 0.3 is 6.09 Å². The normalized spacial score (nSPS) is 23.1. The van der Waals surface area contributed by atoms with E-state index in [1.54, 1.807) is 16.7 Å². The quantitative estimate of drug-likeness (QED) is 0.228. The Kier molecular flexibility index (Phi) is 10.5. The molecule has 0 unspecified atom stereocenters. The summed E-state index contributed by atoms with van der Waals surface area (Å²) in [5.41, 5.74) is 5.08. The van der Waals surface area contributed by atoms with Gasteiger partial charge in [0.15, 0.2) is 14.4 Å². The number of aliphatic hydroxyl groups is 1. The third kappa shape index (κ3) is 8.14. The van der Waals surface area contributed by atoms with Crippen LogP contribution in [0.5, 0.6) is 0 Å². The van der Waals surface area contributed by atoms with Gasteiger partial charge in [-0.25, -0.2) is 4.79 Å². The molecule has 222 valence electrons. The van der Waals surface area contributed by atoms with Gasteiger partial charge < -0.3 is 40.8 Å². The lowest BCUT2D eigenvalue weighted by Gasteiger charge is -2.41. The van der Waals surface area contributed by atoms with Crippen molar-refractivity contribution in [3.8, 4) is 0 Å². The van der Waals surface area contributed by atoms with Crippen LogP contribution >= 0.6 is 0 Å². The number of amides is 5. The van der Waals surface area contributed by atoms with Crippen LogP contribution in [-0.2, 0) is 23.6 Å². The number of carbonyl (C=O) groups excluding carboxylic acids is 4. The first-order valence-corrected chi connectivity index (χ1v) is 16.3. The van der Waals surface area contributed by atoms with E-state index in [1.165, 1.54) is 6.92 Å². The summed E-state index contributed by atoms with van der Waals surface area (Å²) < 4.78 is 6.37. The molecular formula is C25H45N5O8Si. The lowest BCUT2D eigenvalue weighted by Crippen LogP contribution is -2.56.